The molecule has 0 aliphatic heterocycles. The average molecular weight is 291 g/mol. The number of hydrogen-bond donors (Lipinski definition) is 1. The molecule has 1 rings (SSSR count). The SMILES string of the molecule is CNC1CCC(S(=O)(=O)CC(=O)OC(C)(C)C)C1C. The molecular weight excluding hydrogens is 266 g/mol. The van der Waals surface area contributed by atoms with E-state index in [0.29, 0.717) is 6.42 Å². The maximum Gasteiger partial charge on any atom is 0.321 e. The molecule has 0 aromatic rings. The topological polar surface area (TPSA) is 72.5 Å². The van der Waals surface area contributed by atoms with Gasteiger partial charge in [0.25, 0.3) is 0 Å². The Morgan fingerprint density at radius 1 is 1.32 bits per heavy atom. The maximum absolute atomic E-state index is 12.3. The van der Waals surface area contributed by atoms with Crippen molar-refractivity contribution in [3.63, 3.8) is 0 Å². The summed E-state index contributed by atoms with van der Waals surface area (Å²) in [5, 5.41) is 2.68. The van der Waals surface area contributed by atoms with Gasteiger partial charge in [-0.05, 0) is 46.6 Å². The number of sulfone groups is 1. The van der Waals surface area contributed by atoms with Gasteiger partial charge >= 0.3 is 5.97 Å². The number of ether oxygens (including phenoxy) is 1. The standard InChI is InChI=1S/C13H25NO4S/c1-9-10(14-5)6-7-11(9)19(16,17)8-12(15)18-13(2,3)4/h9-11,14H,6-8H2,1-5H3. The highest BCUT2D eigenvalue weighted by Gasteiger charge is 2.41. The van der Waals surface area contributed by atoms with Crippen LogP contribution in [0.25, 0.3) is 0 Å². The van der Waals surface area contributed by atoms with Gasteiger partial charge in [-0.3, -0.25) is 4.79 Å². The summed E-state index contributed by atoms with van der Waals surface area (Å²) in [6.45, 7) is 7.11. The fourth-order valence-electron chi connectivity index (χ4n) is 2.68. The maximum atomic E-state index is 12.3. The monoisotopic (exact) mass is 291 g/mol. The number of carbonyl (C=O) groups is 1. The summed E-state index contributed by atoms with van der Waals surface area (Å²) in [6, 6.07) is 0.207. The minimum absolute atomic E-state index is 0.0254. The van der Waals surface area contributed by atoms with Crippen LogP contribution in [-0.2, 0) is 19.4 Å². The lowest BCUT2D eigenvalue weighted by molar-refractivity contribution is -0.151. The zero-order valence-electron chi connectivity index (χ0n) is 12.4. The molecule has 0 aromatic carbocycles. The van der Waals surface area contributed by atoms with Crippen molar-refractivity contribution in [2.75, 3.05) is 12.8 Å². The Kier molecular flexibility index (Phi) is 5.01. The third-order valence-corrected chi connectivity index (χ3v) is 5.78. The summed E-state index contributed by atoms with van der Waals surface area (Å²) in [4.78, 5) is 11.7. The first-order chi connectivity index (χ1) is 8.57. The van der Waals surface area contributed by atoms with Crippen LogP contribution in [0.3, 0.4) is 0 Å². The molecule has 1 aliphatic rings. The summed E-state index contributed by atoms with van der Waals surface area (Å²) >= 11 is 0. The summed E-state index contributed by atoms with van der Waals surface area (Å²) in [6.07, 6.45) is 1.44. The minimum atomic E-state index is -3.44. The number of hydrogen-bond acceptors (Lipinski definition) is 5. The molecule has 3 atom stereocenters. The van der Waals surface area contributed by atoms with Gasteiger partial charge in [-0.15, -0.1) is 0 Å². The van der Waals surface area contributed by atoms with Gasteiger partial charge in [0.05, 0.1) is 5.25 Å². The van der Waals surface area contributed by atoms with Gasteiger partial charge in [-0.1, -0.05) is 6.92 Å². The van der Waals surface area contributed by atoms with Crippen LogP contribution < -0.4 is 5.32 Å². The molecule has 0 spiro atoms. The Morgan fingerprint density at radius 2 is 1.89 bits per heavy atom. The van der Waals surface area contributed by atoms with E-state index in [2.05, 4.69) is 5.32 Å². The van der Waals surface area contributed by atoms with E-state index in [1.807, 2.05) is 14.0 Å². The highest BCUT2D eigenvalue weighted by molar-refractivity contribution is 7.92. The molecule has 112 valence electrons. The molecule has 0 aromatic heterocycles. The fourth-order valence-corrected chi connectivity index (χ4v) is 4.63. The summed E-state index contributed by atoms with van der Waals surface area (Å²) in [7, 11) is -1.60. The molecule has 19 heavy (non-hydrogen) atoms. The summed E-state index contributed by atoms with van der Waals surface area (Å²) < 4.78 is 29.6. The van der Waals surface area contributed by atoms with Crippen molar-refractivity contribution in [3.8, 4) is 0 Å². The second-order valence-electron chi connectivity index (χ2n) is 6.26. The number of rotatable bonds is 4. The normalized spacial score (nSPS) is 28.4. The third-order valence-electron chi connectivity index (χ3n) is 3.55. The lowest BCUT2D eigenvalue weighted by Gasteiger charge is -2.22. The zero-order chi connectivity index (χ0) is 14.8. The van der Waals surface area contributed by atoms with E-state index in [0.717, 1.165) is 6.42 Å². The van der Waals surface area contributed by atoms with Crippen LogP contribution in [0.1, 0.15) is 40.5 Å². The first kappa shape index (κ1) is 16.4. The van der Waals surface area contributed by atoms with Crippen molar-refractivity contribution >= 4 is 15.8 Å². The van der Waals surface area contributed by atoms with Crippen LogP contribution >= 0.6 is 0 Å². The quantitative estimate of drug-likeness (QED) is 0.786. The molecular formula is C13H25NO4S. The van der Waals surface area contributed by atoms with Crippen LogP contribution in [0, 0.1) is 5.92 Å². The molecule has 5 nitrogen and oxygen atoms in total. The van der Waals surface area contributed by atoms with Gasteiger partial charge in [0, 0.05) is 6.04 Å². The van der Waals surface area contributed by atoms with Gasteiger partial charge in [0.2, 0.25) is 0 Å². The van der Waals surface area contributed by atoms with Gasteiger partial charge in [0.1, 0.15) is 11.4 Å². The van der Waals surface area contributed by atoms with Gasteiger partial charge in [-0.2, -0.15) is 0 Å². The van der Waals surface area contributed by atoms with Crippen molar-refractivity contribution in [2.24, 2.45) is 5.92 Å². The average Bonchev–Trinajstić information content (AvgIpc) is 2.55. The van der Waals surface area contributed by atoms with E-state index in [-0.39, 0.29) is 12.0 Å². The van der Waals surface area contributed by atoms with Crippen LogP contribution in [-0.4, -0.2) is 44.1 Å². The van der Waals surface area contributed by atoms with E-state index in [9.17, 15) is 13.2 Å². The zero-order valence-corrected chi connectivity index (χ0v) is 13.2. The van der Waals surface area contributed by atoms with E-state index in [4.69, 9.17) is 4.74 Å². The second kappa shape index (κ2) is 5.79. The Balaban J connectivity index is 2.70. The van der Waals surface area contributed by atoms with Crippen molar-refractivity contribution in [1.29, 1.82) is 0 Å². The molecule has 0 amide bonds. The molecule has 6 heteroatoms. The van der Waals surface area contributed by atoms with Gasteiger partial charge < -0.3 is 10.1 Å². The van der Waals surface area contributed by atoms with Crippen molar-refractivity contribution in [3.05, 3.63) is 0 Å². The Morgan fingerprint density at radius 3 is 2.32 bits per heavy atom. The molecule has 1 saturated carbocycles. The van der Waals surface area contributed by atoms with Gasteiger partial charge in [0.15, 0.2) is 9.84 Å². The molecule has 1 fully saturated rings. The smallest absolute Gasteiger partial charge is 0.321 e. The highest BCUT2D eigenvalue weighted by Crippen LogP contribution is 2.31. The molecule has 1 aliphatic carbocycles. The third kappa shape index (κ3) is 4.45. The first-order valence-electron chi connectivity index (χ1n) is 6.67. The van der Waals surface area contributed by atoms with Crippen LogP contribution in [0.2, 0.25) is 0 Å². The van der Waals surface area contributed by atoms with E-state index in [1.54, 1.807) is 20.8 Å². The lowest BCUT2D eigenvalue weighted by atomic mass is 10.1. The van der Waals surface area contributed by atoms with E-state index >= 15 is 0 Å². The first-order valence-corrected chi connectivity index (χ1v) is 8.39. The Hall–Kier alpha value is -0.620. The number of carbonyl (C=O) groups excluding carboxylic acids is 1. The molecule has 3 unspecified atom stereocenters. The largest absolute Gasteiger partial charge is 0.459 e. The summed E-state index contributed by atoms with van der Waals surface area (Å²) in [5.74, 6) is -1.15. The minimum Gasteiger partial charge on any atom is -0.459 e. The molecule has 0 heterocycles. The van der Waals surface area contributed by atoms with Gasteiger partial charge in [-0.25, -0.2) is 8.42 Å². The predicted octanol–water partition coefficient (Wildman–Crippen LogP) is 1.13. The molecule has 0 saturated heterocycles. The molecule has 0 bridgehead atoms. The lowest BCUT2D eigenvalue weighted by Crippen LogP contribution is -2.37. The van der Waals surface area contributed by atoms with E-state index in [1.165, 1.54) is 0 Å². The number of nitrogens with one attached hydrogen (secondary N) is 1. The van der Waals surface area contributed by atoms with E-state index < -0.39 is 32.4 Å². The van der Waals surface area contributed by atoms with Crippen LogP contribution in [0.5, 0.6) is 0 Å². The Labute approximate surface area is 116 Å². The van der Waals surface area contributed by atoms with Crippen LogP contribution in [0.4, 0.5) is 0 Å². The Bertz CT molecular complexity index is 424. The van der Waals surface area contributed by atoms with Crippen molar-refractivity contribution in [1.82, 2.24) is 5.32 Å². The summed E-state index contributed by atoms with van der Waals surface area (Å²) in [5.41, 5.74) is -0.651. The van der Waals surface area contributed by atoms with Crippen LogP contribution in [0.15, 0.2) is 0 Å². The molecule has 0 radical (unpaired) electrons. The van der Waals surface area contributed by atoms with Crippen molar-refractivity contribution in [2.45, 2.75) is 57.4 Å². The highest BCUT2D eigenvalue weighted by atomic mass is 32.2. The predicted molar refractivity (Wildman–Crippen MR) is 74.7 cm³/mol. The fraction of sp³-hybridized carbons (Fsp3) is 0.923. The molecule has 1 N–H and O–H groups in total. The van der Waals surface area contributed by atoms with Crippen molar-refractivity contribution < 1.29 is 17.9 Å². The number of esters is 1. The second-order valence-corrected chi connectivity index (χ2v) is 8.48.